The second-order valence-electron chi connectivity index (χ2n) is 4.56. The van der Waals surface area contributed by atoms with Crippen LogP contribution in [-0.2, 0) is 20.6 Å². The van der Waals surface area contributed by atoms with E-state index in [0.717, 1.165) is 10.2 Å². The number of amides is 1. The Morgan fingerprint density at radius 1 is 1.29 bits per heavy atom. The van der Waals surface area contributed by atoms with Crippen molar-refractivity contribution in [1.29, 1.82) is 0 Å². The maximum atomic E-state index is 12.4. The number of hydrogen-bond acceptors (Lipinski definition) is 4. The van der Waals surface area contributed by atoms with E-state index in [-0.39, 0.29) is 11.3 Å². The van der Waals surface area contributed by atoms with Crippen LogP contribution < -0.4 is 0 Å². The molecule has 21 heavy (non-hydrogen) atoms. The van der Waals surface area contributed by atoms with Crippen molar-refractivity contribution in [1.82, 2.24) is 24.5 Å². The van der Waals surface area contributed by atoms with Gasteiger partial charge in [0.1, 0.15) is 0 Å². The largest absolute Gasteiger partial charge is 0.477 e. The average Bonchev–Trinajstić information content (AvgIpc) is 2.95. The summed E-state index contributed by atoms with van der Waals surface area (Å²) in [5.74, 6) is -1.60. The van der Waals surface area contributed by atoms with Crippen LogP contribution in [0.3, 0.4) is 0 Å². The lowest BCUT2D eigenvalue weighted by molar-refractivity contribution is 0.0669. The van der Waals surface area contributed by atoms with Crippen LogP contribution in [0.15, 0.2) is 16.9 Å². The molecule has 0 bridgehead atoms. The Morgan fingerprint density at radius 2 is 1.90 bits per heavy atom. The SMILES string of the molecule is CN(Cc1c(Br)cnn1C)C(=O)c1cnn(C)c1C(=O)O. The number of aromatic nitrogens is 4. The van der Waals surface area contributed by atoms with Crippen LogP contribution in [0.5, 0.6) is 0 Å². The molecule has 0 saturated heterocycles. The van der Waals surface area contributed by atoms with Gasteiger partial charge in [0, 0.05) is 21.1 Å². The van der Waals surface area contributed by atoms with E-state index in [2.05, 4.69) is 26.1 Å². The Labute approximate surface area is 129 Å². The maximum Gasteiger partial charge on any atom is 0.354 e. The molecule has 9 heteroatoms. The van der Waals surface area contributed by atoms with E-state index < -0.39 is 11.9 Å². The predicted octanol–water partition coefficient (Wildman–Crippen LogP) is 0.887. The van der Waals surface area contributed by atoms with Crippen molar-refractivity contribution >= 4 is 27.8 Å². The minimum Gasteiger partial charge on any atom is -0.477 e. The Kier molecular flexibility index (Phi) is 4.12. The smallest absolute Gasteiger partial charge is 0.354 e. The van der Waals surface area contributed by atoms with Crippen molar-refractivity contribution in [2.24, 2.45) is 14.1 Å². The first-order chi connectivity index (χ1) is 9.82. The number of carboxylic acid groups (broad SMARTS) is 1. The van der Waals surface area contributed by atoms with Crippen molar-refractivity contribution in [2.45, 2.75) is 6.54 Å². The van der Waals surface area contributed by atoms with E-state index in [1.807, 2.05) is 0 Å². The molecule has 0 saturated carbocycles. The summed E-state index contributed by atoms with van der Waals surface area (Å²) in [5, 5.41) is 17.1. The molecule has 2 rings (SSSR count). The molecule has 2 heterocycles. The average molecular weight is 356 g/mol. The summed E-state index contributed by atoms with van der Waals surface area (Å²) >= 11 is 3.36. The molecule has 1 amide bonds. The molecule has 0 atom stereocenters. The lowest BCUT2D eigenvalue weighted by Gasteiger charge is -2.17. The fourth-order valence-corrected chi connectivity index (χ4v) is 2.44. The predicted molar refractivity (Wildman–Crippen MR) is 76.9 cm³/mol. The first kappa shape index (κ1) is 15.2. The van der Waals surface area contributed by atoms with Gasteiger partial charge in [0.2, 0.25) is 0 Å². The third-order valence-electron chi connectivity index (χ3n) is 3.12. The highest BCUT2D eigenvalue weighted by atomic mass is 79.9. The molecule has 0 aliphatic rings. The molecule has 112 valence electrons. The van der Waals surface area contributed by atoms with Gasteiger partial charge in [-0.15, -0.1) is 0 Å². The van der Waals surface area contributed by atoms with Crippen LogP contribution in [0, 0.1) is 0 Å². The molecule has 0 aromatic carbocycles. The minimum atomic E-state index is -1.19. The van der Waals surface area contributed by atoms with Crippen LogP contribution in [0.2, 0.25) is 0 Å². The summed E-state index contributed by atoms with van der Waals surface area (Å²) in [7, 11) is 4.85. The van der Waals surface area contributed by atoms with Crippen molar-refractivity contribution in [3.8, 4) is 0 Å². The van der Waals surface area contributed by atoms with Gasteiger partial charge in [-0.3, -0.25) is 14.2 Å². The van der Waals surface area contributed by atoms with Gasteiger partial charge in [-0.1, -0.05) is 0 Å². The van der Waals surface area contributed by atoms with Crippen molar-refractivity contribution in [2.75, 3.05) is 7.05 Å². The van der Waals surface area contributed by atoms with Gasteiger partial charge in [-0.05, 0) is 15.9 Å². The van der Waals surface area contributed by atoms with E-state index in [0.29, 0.717) is 6.54 Å². The number of carbonyl (C=O) groups is 2. The van der Waals surface area contributed by atoms with Crippen LogP contribution in [-0.4, -0.2) is 48.5 Å². The zero-order chi connectivity index (χ0) is 15.7. The highest BCUT2D eigenvalue weighted by Gasteiger charge is 2.24. The summed E-state index contributed by atoms with van der Waals surface area (Å²) < 4.78 is 3.60. The number of nitrogens with zero attached hydrogens (tertiary/aromatic N) is 5. The molecule has 0 aliphatic carbocycles. The number of halogens is 1. The number of hydrogen-bond donors (Lipinski definition) is 1. The van der Waals surface area contributed by atoms with Crippen LogP contribution in [0.4, 0.5) is 0 Å². The van der Waals surface area contributed by atoms with E-state index in [9.17, 15) is 9.59 Å². The number of aromatic carboxylic acids is 1. The van der Waals surface area contributed by atoms with Gasteiger partial charge in [0.25, 0.3) is 5.91 Å². The number of aryl methyl sites for hydroxylation is 2. The van der Waals surface area contributed by atoms with Gasteiger partial charge < -0.3 is 10.0 Å². The fourth-order valence-electron chi connectivity index (χ4n) is 1.96. The molecule has 0 aliphatic heterocycles. The highest BCUT2D eigenvalue weighted by molar-refractivity contribution is 9.10. The summed E-state index contributed by atoms with van der Waals surface area (Å²) in [6, 6.07) is 0. The van der Waals surface area contributed by atoms with Crippen molar-refractivity contribution in [3.63, 3.8) is 0 Å². The van der Waals surface area contributed by atoms with E-state index in [1.54, 1.807) is 25.0 Å². The maximum absolute atomic E-state index is 12.4. The molecule has 2 aromatic rings. The third kappa shape index (κ3) is 2.82. The van der Waals surface area contributed by atoms with E-state index >= 15 is 0 Å². The lowest BCUT2D eigenvalue weighted by Crippen LogP contribution is -2.28. The molecular formula is C12H14BrN5O3. The molecule has 0 radical (unpaired) electrons. The quantitative estimate of drug-likeness (QED) is 0.878. The van der Waals surface area contributed by atoms with Crippen molar-refractivity contribution in [3.05, 3.63) is 33.8 Å². The third-order valence-corrected chi connectivity index (χ3v) is 3.78. The molecule has 2 aromatic heterocycles. The van der Waals surface area contributed by atoms with Gasteiger partial charge in [0.05, 0.1) is 34.7 Å². The minimum absolute atomic E-state index is 0.0609. The number of carboxylic acids is 1. The lowest BCUT2D eigenvalue weighted by atomic mass is 10.2. The zero-order valence-electron chi connectivity index (χ0n) is 11.7. The fraction of sp³-hybridized carbons (Fsp3) is 0.333. The van der Waals surface area contributed by atoms with Gasteiger partial charge in [-0.2, -0.15) is 10.2 Å². The van der Waals surface area contributed by atoms with Crippen molar-refractivity contribution < 1.29 is 14.7 Å². The van der Waals surface area contributed by atoms with Crippen LogP contribution >= 0.6 is 15.9 Å². The summed E-state index contributed by atoms with van der Waals surface area (Å²) in [6.45, 7) is 0.296. The van der Waals surface area contributed by atoms with Gasteiger partial charge >= 0.3 is 5.97 Å². The Balaban J connectivity index is 2.26. The van der Waals surface area contributed by atoms with Crippen LogP contribution in [0.1, 0.15) is 26.5 Å². The molecule has 0 spiro atoms. The molecule has 0 fully saturated rings. The Hall–Kier alpha value is -2.16. The number of rotatable bonds is 4. The number of carbonyl (C=O) groups excluding carboxylic acids is 1. The second-order valence-corrected chi connectivity index (χ2v) is 5.41. The van der Waals surface area contributed by atoms with E-state index in [4.69, 9.17) is 5.11 Å². The van der Waals surface area contributed by atoms with Gasteiger partial charge in [0.15, 0.2) is 5.69 Å². The monoisotopic (exact) mass is 355 g/mol. The van der Waals surface area contributed by atoms with Crippen LogP contribution in [0.25, 0.3) is 0 Å². The summed E-state index contributed by atoms with van der Waals surface area (Å²) in [4.78, 5) is 25.0. The highest BCUT2D eigenvalue weighted by Crippen LogP contribution is 2.18. The van der Waals surface area contributed by atoms with E-state index in [1.165, 1.54) is 22.8 Å². The topological polar surface area (TPSA) is 93.3 Å². The summed E-state index contributed by atoms with van der Waals surface area (Å²) in [6.07, 6.45) is 2.90. The molecule has 0 unspecified atom stereocenters. The first-order valence-electron chi connectivity index (χ1n) is 6.00. The molecular weight excluding hydrogens is 342 g/mol. The molecule has 8 nitrogen and oxygen atoms in total. The second kappa shape index (κ2) is 5.68. The first-order valence-corrected chi connectivity index (χ1v) is 6.79. The Bertz CT molecular complexity index is 686. The normalized spacial score (nSPS) is 10.7. The zero-order valence-corrected chi connectivity index (χ0v) is 13.3. The summed E-state index contributed by atoms with van der Waals surface area (Å²) in [5.41, 5.74) is 0.744. The Morgan fingerprint density at radius 3 is 2.43 bits per heavy atom. The molecule has 1 N–H and O–H groups in total. The van der Waals surface area contributed by atoms with Gasteiger partial charge in [-0.25, -0.2) is 4.79 Å². The standard InChI is InChI=1S/C12H14BrN5O3/c1-16(6-9-8(13)5-15-17(9)2)11(19)7-4-14-18(3)10(7)12(20)21/h4-5H,6H2,1-3H3,(H,20,21).